The molecule has 0 saturated heterocycles. The van der Waals surface area contributed by atoms with Crippen molar-refractivity contribution in [2.75, 3.05) is 5.32 Å². The first-order chi connectivity index (χ1) is 15.1. The summed E-state index contributed by atoms with van der Waals surface area (Å²) >= 11 is 0. The number of hydrogen-bond acceptors (Lipinski definition) is 4. The van der Waals surface area contributed by atoms with Crippen molar-refractivity contribution in [1.29, 1.82) is 0 Å². The lowest BCUT2D eigenvalue weighted by Crippen LogP contribution is -2.21. The molecule has 6 heteroatoms. The van der Waals surface area contributed by atoms with E-state index in [1.807, 2.05) is 54.6 Å². The Morgan fingerprint density at radius 1 is 1.00 bits per heavy atom. The van der Waals surface area contributed by atoms with E-state index >= 15 is 0 Å². The van der Waals surface area contributed by atoms with E-state index in [0.717, 1.165) is 29.5 Å². The molecule has 0 atom stereocenters. The molecule has 0 spiro atoms. The van der Waals surface area contributed by atoms with Gasteiger partial charge in [-0.05, 0) is 41.8 Å². The van der Waals surface area contributed by atoms with E-state index in [-0.39, 0.29) is 11.5 Å². The molecule has 0 aliphatic heterocycles. The number of benzene rings is 2. The number of aromatic nitrogens is 3. The number of unbranched alkanes of at least 4 members (excludes halogenated alkanes) is 1. The molecule has 0 unspecified atom stereocenters. The molecular weight excluding hydrogens is 388 g/mol. The third-order valence-corrected chi connectivity index (χ3v) is 5.14. The second-order valence-corrected chi connectivity index (χ2v) is 7.48. The zero-order chi connectivity index (χ0) is 21.6. The molecule has 2 aromatic carbocycles. The lowest BCUT2D eigenvalue weighted by molar-refractivity contribution is -0.116. The molecule has 0 bridgehead atoms. The summed E-state index contributed by atoms with van der Waals surface area (Å²) in [7, 11) is 0. The van der Waals surface area contributed by atoms with Crippen LogP contribution >= 0.6 is 0 Å². The van der Waals surface area contributed by atoms with Crippen molar-refractivity contribution in [3.05, 3.63) is 89.1 Å². The van der Waals surface area contributed by atoms with E-state index in [1.165, 1.54) is 0 Å². The Morgan fingerprint density at radius 3 is 2.55 bits per heavy atom. The molecule has 2 aromatic heterocycles. The molecule has 0 aliphatic carbocycles. The molecule has 31 heavy (non-hydrogen) atoms. The molecule has 2 heterocycles. The number of pyridine rings is 1. The molecule has 156 valence electrons. The first-order valence-electron chi connectivity index (χ1n) is 10.4. The average Bonchev–Trinajstić information content (AvgIpc) is 2.81. The number of nitrogens with one attached hydrogen (secondary N) is 1. The fraction of sp³-hybridized carbons (Fsp3) is 0.200. The van der Waals surface area contributed by atoms with Gasteiger partial charge in [-0.25, -0.2) is 9.97 Å². The van der Waals surface area contributed by atoms with Crippen molar-refractivity contribution in [1.82, 2.24) is 14.5 Å². The Balaban J connectivity index is 1.59. The van der Waals surface area contributed by atoms with Crippen molar-refractivity contribution < 1.29 is 4.79 Å². The molecule has 0 saturated carbocycles. The minimum atomic E-state index is -0.0801. The number of fused-ring (bicyclic) bond motifs is 1. The minimum Gasteiger partial charge on any atom is -0.311 e. The van der Waals surface area contributed by atoms with Gasteiger partial charge in [0.05, 0.1) is 23.8 Å². The second kappa shape index (κ2) is 9.34. The number of amides is 1. The van der Waals surface area contributed by atoms with Crippen molar-refractivity contribution >= 4 is 22.6 Å². The number of rotatable bonds is 7. The van der Waals surface area contributed by atoms with Gasteiger partial charge in [-0.3, -0.25) is 14.2 Å². The summed E-state index contributed by atoms with van der Waals surface area (Å²) in [5.41, 5.74) is 3.36. The maximum Gasteiger partial charge on any atom is 0.261 e. The molecule has 1 N–H and O–H groups in total. The third kappa shape index (κ3) is 4.86. The van der Waals surface area contributed by atoms with Gasteiger partial charge < -0.3 is 5.32 Å². The molecule has 4 rings (SSSR count). The van der Waals surface area contributed by atoms with Gasteiger partial charge in [0.2, 0.25) is 5.91 Å². The van der Waals surface area contributed by atoms with Gasteiger partial charge in [0.1, 0.15) is 5.82 Å². The monoisotopic (exact) mass is 412 g/mol. The Labute approximate surface area is 180 Å². The predicted octanol–water partition coefficient (Wildman–Crippen LogP) is 4.64. The van der Waals surface area contributed by atoms with E-state index in [0.29, 0.717) is 29.7 Å². The van der Waals surface area contributed by atoms with E-state index in [2.05, 4.69) is 22.2 Å². The Morgan fingerprint density at radius 2 is 1.81 bits per heavy atom. The van der Waals surface area contributed by atoms with Crippen molar-refractivity contribution in [3.63, 3.8) is 0 Å². The van der Waals surface area contributed by atoms with E-state index in [4.69, 9.17) is 0 Å². The molecule has 0 radical (unpaired) electrons. The van der Waals surface area contributed by atoms with Crippen LogP contribution in [0.3, 0.4) is 0 Å². The van der Waals surface area contributed by atoms with Gasteiger partial charge in [0.15, 0.2) is 0 Å². The van der Waals surface area contributed by atoms with Crippen LogP contribution in [-0.4, -0.2) is 20.4 Å². The van der Waals surface area contributed by atoms with Gasteiger partial charge in [0, 0.05) is 18.2 Å². The van der Waals surface area contributed by atoms with Crippen LogP contribution in [0.2, 0.25) is 0 Å². The van der Waals surface area contributed by atoms with Gasteiger partial charge >= 0.3 is 0 Å². The SMILES string of the molecule is CCCCC(=O)Nc1ccc(-c2ccc3ncn(Cc4ccccc4)c(=O)c3c2)cn1. The van der Waals surface area contributed by atoms with Crippen LogP contribution in [0.4, 0.5) is 5.82 Å². The maximum absolute atomic E-state index is 13.0. The zero-order valence-electron chi connectivity index (χ0n) is 17.4. The van der Waals surface area contributed by atoms with Gasteiger partial charge in [-0.15, -0.1) is 0 Å². The number of hydrogen-bond donors (Lipinski definition) is 1. The topological polar surface area (TPSA) is 76.9 Å². The molecule has 0 aliphatic rings. The number of carbonyl (C=O) groups excluding carboxylic acids is 1. The van der Waals surface area contributed by atoms with Crippen LogP contribution in [-0.2, 0) is 11.3 Å². The summed E-state index contributed by atoms with van der Waals surface area (Å²) < 4.78 is 1.62. The summed E-state index contributed by atoms with van der Waals surface area (Å²) in [6.45, 7) is 2.52. The Kier molecular flexibility index (Phi) is 6.17. The summed E-state index contributed by atoms with van der Waals surface area (Å²) in [5, 5.41) is 3.37. The zero-order valence-corrected chi connectivity index (χ0v) is 17.4. The molecule has 1 amide bonds. The maximum atomic E-state index is 13.0. The highest BCUT2D eigenvalue weighted by atomic mass is 16.1. The van der Waals surface area contributed by atoms with Crippen molar-refractivity contribution in [2.45, 2.75) is 32.7 Å². The first-order valence-corrected chi connectivity index (χ1v) is 10.4. The minimum absolute atomic E-state index is 0.0298. The van der Waals surface area contributed by atoms with Crippen molar-refractivity contribution in [2.24, 2.45) is 0 Å². The quantitative estimate of drug-likeness (QED) is 0.480. The van der Waals surface area contributed by atoms with Crippen LogP contribution in [0.15, 0.2) is 78.0 Å². The van der Waals surface area contributed by atoms with Gasteiger partial charge in [-0.1, -0.05) is 49.7 Å². The third-order valence-electron chi connectivity index (χ3n) is 5.14. The average molecular weight is 412 g/mol. The van der Waals surface area contributed by atoms with Crippen LogP contribution in [0, 0.1) is 0 Å². The molecule has 0 fully saturated rings. The first kappa shape index (κ1) is 20.5. The summed E-state index contributed by atoms with van der Waals surface area (Å²) in [6, 6.07) is 19.1. The highest BCUT2D eigenvalue weighted by Gasteiger charge is 2.08. The molecule has 4 aromatic rings. The summed E-state index contributed by atoms with van der Waals surface area (Å²) in [4.78, 5) is 33.7. The van der Waals surface area contributed by atoms with E-state index in [1.54, 1.807) is 23.2 Å². The van der Waals surface area contributed by atoms with Crippen LogP contribution in [0.1, 0.15) is 31.7 Å². The normalized spacial score (nSPS) is 10.9. The largest absolute Gasteiger partial charge is 0.311 e. The van der Waals surface area contributed by atoms with E-state index in [9.17, 15) is 9.59 Å². The Hall–Kier alpha value is -3.80. The second-order valence-electron chi connectivity index (χ2n) is 7.48. The van der Waals surface area contributed by atoms with Gasteiger partial charge in [0.25, 0.3) is 5.56 Å². The summed E-state index contributed by atoms with van der Waals surface area (Å²) in [5.74, 6) is 0.496. The molecule has 6 nitrogen and oxygen atoms in total. The highest BCUT2D eigenvalue weighted by Crippen LogP contribution is 2.22. The molecular formula is C25H24N4O2. The standard InChI is InChI=1S/C25H24N4O2/c1-2-3-9-24(30)28-23-13-11-20(15-26-23)19-10-12-22-21(14-19)25(31)29(17-27-22)16-18-7-5-4-6-8-18/h4-8,10-15,17H,2-3,9,16H2,1H3,(H,26,28,30). The fourth-order valence-electron chi connectivity index (χ4n) is 3.41. The predicted molar refractivity (Wildman–Crippen MR) is 123 cm³/mol. The lowest BCUT2D eigenvalue weighted by atomic mass is 10.1. The number of carbonyl (C=O) groups is 1. The Bertz CT molecular complexity index is 1250. The van der Waals surface area contributed by atoms with E-state index < -0.39 is 0 Å². The number of anilines is 1. The fourth-order valence-corrected chi connectivity index (χ4v) is 3.41. The smallest absolute Gasteiger partial charge is 0.261 e. The van der Waals surface area contributed by atoms with Crippen molar-refractivity contribution in [3.8, 4) is 11.1 Å². The van der Waals surface area contributed by atoms with Crippen LogP contribution in [0.25, 0.3) is 22.0 Å². The van der Waals surface area contributed by atoms with Crippen LogP contribution in [0.5, 0.6) is 0 Å². The highest BCUT2D eigenvalue weighted by molar-refractivity contribution is 5.90. The summed E-state index contributed by atoms with van der Waals surface area (Å²) in [6.07, 6.45) is 5.62. The lowest BCUT2D eigenvalue weighted by Gasteiger charge is -2.09. The van der Waals surface area contributed by atoms with Gasteiger partial charge in [-0.2, -0.15) is 0 Å². The number of nitrogens with zero attached hydrogens (tertiary/aromatic N) is 3. The van der Waals surface area contributed by atoms with Crippen LogP contribution < -0.4 is 10.9 Å².